The molecule has 0 unspecified atom stereocenters. The number of hydrogen-bond donors (Lipinski definition) is 0. The van der Waals surface area contributed by atoms with Crippen LogP contribution in [0.4, 0.5) is 0 Å². The van der Waals surface area contributed by atoms with Gasteiger partial charge in [0.25, 0.3) is 0 Å². The molecule has 0 bridgehead atoms. The predicted molar refractivity (Wildman–Crippen MR) is 80.5 cm³/mol. The van der Waals surface area contributed by atoms with Crippen LogP contribution in [0.1, 0.15) is 54.4 Å². The van der Waals surface area contributed by atoms with E-state index < -0.39 is 0 Å². The summed E-state index contributed by atoms with van der Waals surface area (Å²) in [5.41, 5.74) is 3.79. The van der Waals surface area contributed by atoms with Crippen molar-refractivity contribution in [3.05, 3.63) is 43.8 Å². The minimum absolute atomic E-state index is 0.244. The van der Waals surface area contributed by atoms with Crippen LogP contribution in [-0.4, -0.2) is 0 Å². The Morgan fingerprint density at radius 2 is 1.11 bits per heavy atom. The minimum atomic E-state index is 0.244. The van der Waals surface area contributed by atoms with Crippen LogP contribution in [0.25, 0.3) is 0 Å². The fourth-order valence-corrected chi connectivity index (χ4v) is 6.00. The summed E-state index contributed by atoms with van der Waals surface area (Å²) in [4.78, 5) is 0. The van der Waals surface area contributed by atoms with Gasteiger partial charge in [-0.3, -0.25) is 0 Å². The molecule has 0 aromatic carbocycles. The van der Waals surface area contributed by atoms with Gasteiger partial charge in [0.05, 0.1) is 0 Å². The van der Waals surface area contributed by atoms with Gasteiger partial charge >= 0.3 is 126 Å². The van der Waals surface area contributed by atoms with E-state index in [4.69, 9.17) is 0 Å². The Morgan fingerprint density at radius 3 is 1.42 bits per heavy atom. The first-order chi connectivity index (χ1) is 8.69. The first-order valence-electron chi connectivity index (χ1n) is 7.12. The van der Waals surface area contributed by atoms with Crippen LogP contribution >= 0.6 is 0 Å². The van der Waals surface area contributed by atoms with Crippen LogP contribution in [0.15, 0.2) is 43.8 Å². The zero-order chi connectivity index (χ0) is 14.3. The van der Waals surface area contributed by atoms with Crippen molar-refractivity contribution in [2.75, 3.05) is 0 Å². The van der Waals surface area contributed by atoms with E-state index in [1.54, 1.807) is 19.5 Å². The van der Waals surface area contributed by atoms with Gasteiger partial charge in [-0.2, -0.15) is 0 Å². The SMILES string of the molecule is CC(C)(C)C1=[C]([Ru][C]2=C(C(C)(C)C)C=CC2)CC=C1. The zero-order valence-corrected chi connectivity index (χ0v) is 14.8. The number of allylic oxidation sites excluding steroid dienone is 8. The second-order valence-corrected chi connectivity index (χ2v) is 9.94. The predicted octanol–water partition coefficient (Wildman–Crippen LogP) is 5.59. The first-order valence-corrected chi connectivity index (χ1v) is 8.86. The van der Waals surface area contributed by atoms with Gasteiger partial charge in [0.2, 0.25) is 0 Å². The van der Waals surface area contributed by atoms with Crippen molar-refractivity contribution in [1.82, 2.24) is 0 Å². The topological polar surface area (TPSA) is 0 Å². The molecule has 19 heavy (non-hydrogen) atoms. The monoisotopic (exact) mass is 344 g/mol. The Balaban J connectivity index is 2.28. The van der Waals surface area contributed by atoms with Crippen LogP contribution in [0.5, 0.6) is 0 Å². The van der Waals surface area contributed by atoms with Gasteiger partial charge in [-0.15, -0.1) is 0 Å². The number of rotatable bonds is 2. The molecule has 0 radical (unpaired) electrons. The van der Waals surface area contributed by atoms with Crippen LogP contribution in [-0.2, 0) is 17.1 Å². The van der Waals surface area contributed by atoms with E-state index in [1.165, 1.54) is 12.8 Å². The molecule has 0 aromatic rings. The molecule has 0 aliphatic heterocycles. The molecule has 0 atom stereocenters. The van der Waals surface area contributed by atoms with Crippen LogP contribution in [0.2, 0.25) is 0 Å². The van der Waals surface area contributed by atoms with E-state index in [1.807, 2.05) is 0 Å². The molecule has 2 aliphatic rings. The van der Waals surface area contributed by atoms with Gasteiger partial charge < -0.3 is 0 Å². The molecule has 0 fully saturated rings. The fraction of sp³-hybridized carbons (Fsp3) is 0.556. The summed E-state index contributed by atoms with van der Waals surface area (Å²) in [6.45, 7) is 14.0. The summed E-state index contributed by atoms with van der Waals surface area (Å²) in [5.74, 6) is 0. The third-order valence-electron chi connectivity index (χ3n) is 3.55. The van der Waals surface area contributed by atoms with Gasteiger partial charge in [-0.05, 0) is 0 Å². The Bertz CT molecular complexity index is 439. The van der Waals surface area contributed by atoms with Crippen LogP contribution < -0.4 is 0 Å². The van der Waals surface area contributed by atoms with E-state index in [0.717, 1.165) is 0 Å². The van der Waals surface area contributed by atoms with E-state index in [0.29, 0.717) is 10.8 Å². The maximum atomic E-state index is 2.36. The van der Waals surface area contributed by atoms with Gasteiger partial charge in [0, 0.05) is 0 Å². The molecule has 1 heteroatoms. The van der Waals surface area contributed by atoms with Gasteiger partial charge in [-0.25, -0.2) is 0 Å². The molecule has 2 aliphatic carbocycles. The fourth-order valence-electron chi connectivity index (χ4n) is 2.54. The van der Waals surface area contributed by atoms with E-state index in [2.05, 4.69) is 65.8 Å². The summed E-state index contributed by atoms with van der Waals surface area (Å²) < 4.78 is 3.44. The summed E-state index contributed by atoms with van der Waals surface area (Å²) in [7, 11) is 0. The Hall–Kier alpha value is -0.417. The quantitative estimate of drug-likeness (QED) is 0.573. The van der Waals surface area contributed by atoms with Gasteiger partial charge in [-0.1, -0.05) is 0 Å². The average Bonchev–Trinajstić information content (AvgIpc) is 2.83. The standard InChI is InChI=1S/2C9H13.Ru/c2*1-9(2,3)8-6-4-5-7-8;/h2*4,6H,5H2,1-3H3;. The molecule has 0 aromatic heterocycles. The Morgan fingerprint density at radius 1 is 0.737 bits per heavy atom. The molecule has 0 nitrogen and oxygen atoms in total. The van der Waals surface area contributed by atoms with Crippen molar-refractivity contribution < 1.29 is 17.1 Å². The number of hydrogen-bond acceptors (Lipinski definition) is 0. The van der Waals surface area contributed by atoms with Gasteiger partial charge in [0.15, 0.2) is 0 Å². The average molecular weight is 343 g/mol. The molecule has 0 saturated carbocycles. The van der Waals surface area contributed by atoms with E-state index >= 15 is 0 Å². The third-order valence-corrected chi connectivity index (χ3v) is 6.25. The third kappa shape index (κ3) is 3.37. The van der Waals surface area contributed by atoms with Crippen LogP contribution in [0.3, 0.4) is 0 Å². The molecule has 0 N–H and O–H groups in total. The summed E-state index contributed by atoms with van der Waals surface area (Å²) >= 11 is 0.244. The maximum absolute atomic E-state index is 2.36. The van der Waals surface area contributed by atoms with Crippen molar-refractivity contribution in [2.45, 2.75) is 54.4 Å². The Labute approximate surface area is 126 Å². The Kier molecular flexibility index (Phi) is 4.08. The summed E-state index contributed by atoms with van der Waals surface area (Å²) in [6.07, 6.45) is 11.8. The molecular weight excluding hydrogens is 317 g/mol. The van der Waals surface area contributed by atoms with Gasteiger partial charge in [0.1, 0.15) is 0 Å². The van der Waals surface area contributed by atoms with Crippen molar-refractivity contribution in [1.29, 1.82) is 0 Å². The van der Waals surface area contributed by atoms with Crippen molar-refractivity contribution in [3.63, 3.8) is 0 Å². The van der Waals surface area contributed by atoms with E-state index in [9.17, 15) is 0 Å². The molecule has 0 saturated heterocycles. The first kappa shape index (κ1) is 15.0. The molecule has 0 amide bonds. The second kappa shape index (κ2) is 5.17. The van der Waals surface area contributed by atoms with Crippen molar-refractivity contribution in [2.24, 2.45) is 10.8 Å². The van der Waals surface area contributed by atoms with Crippen molar-refractivity contribution >= 4 is 0 Å². The molecule has 2 rings (SSSR count). The molecular formula is C18H26Ru. The summed E-state index contributed by atoms with van der Waals surface area (Å²) in [6, 6.07) is 0. The normalized spacial score (nSPS) is 20.3. The van der Waals surface area contributed by atoms with E-state index in [-0.39, 0.29) is 17.1 Å². The summed E-state index contributed by atoms with van der Waals surface area (Å²) in [5, 5.41) is 0. The second-order valence-electron chi connectivity index (χ2n) is 7.41. The molecule has 0 spiro atoms. The molecule has 0 heterocycles. The van der Waals surface area contributed by atoms with Crippen molar-refractivity contribution in [3.8, 4) is 0 Å². The van der Waals surface area contributed by atoms with Crippen LogP contribution in [0, 0.1) is 10.8 Å². The zero-order valence-electron chi connectivity index (χ0n) is 13.1. The molecule has 106 valence electrons.